The van der Waals surface area contributed by atoms with E-state index < -0.39 is 48.6 Å². The van der Waals surface area contributed by atoms with E-state index in [1.54, 1.807) is 0 Å². The van der Waals surface area contributed by atoms with E-state index in [0.29, 0.717) is 0 Å². The van der Waals surface area contributed by atoms with E-state index in [9.17, 15) is 24.9 Å². The fourth-order valence-electron chi connectivity index (χ4n) is 2.08. The molecule has 1 spiro atoms. The van der Waals surface area contributed by atoms with Gasteiger partial charge in [0.1, 0.15) is 24.4 Å². The van der Waals surface area contributed by atoms with E-state index in [0.717, 1.165) is 0 Å². The van der Waals surface area contributed by atoms with Crippen molar-refractivity contribution in [2.24, 2.45) is 0 Å². The van der Waals surface area contributed by atoms with Crippen molar-refractivity contribution in [1.82, 2.24) is 10.6 Å². The number of carbonyl (C=O) groups is 2. The van der Waals surface area contributed by atoms with E-state index in [-0.39, 0.29) is 6.54 Å². The van der Waals surface area contributed by atoms with Crippen LogP contribution in [-0.2, 0) is 14.3 Å². The molecule has 2 aliphatic heterocycles. The second-order valence-electron chi connectivity index (χ2n) is 4.23. The standard InChI is InChI=1S/C9H14N2O7/c12-2-3(13)6-5(15)7(16)9(18-6)8(17)10-1-4(14)11-9/h3,5-7,12-13,15-16H,1-2H2,(H,10,17)(H,11,14)/t3-,5+,6+,7+,9+/m1/s1. The summed E-state index contributed by atoms with van der Waals surface area (Å²) in [6, 6.07) is 0. The molecule has 0 saturated carbocycles. The second kappa shape index (κ2) is 4.44. The lowest BCUT2D eigenvalue weighted by atomic mass is 9.98. The molecule has 2 fully saturated rings. The Kier molecular flexibility index (Phi) is 3.25. The van der Waals surface area contributed by atoms with E-state index in [1.807, 2.05) is 0 Å². The van der Waals surface area contributed by atoms with Gasteiger partial charge in [0.2, 0.25) is 5.91 Å². The molecule has 0 aromatic rings. The zero-order valence-electron chi connectivity index (χ0n) is 9.24. The van der Waals surface area contributed by atoms with Crippen LogP contribution in [0.4, 0.5) is 0 Å². The summed E-state index contributed by atoms with van der Waals surface area (Å²) in [6.07, 6.45) is -6.22. The van der Waals surface area contributed by atoms with Crippen molar-refractivity contribution in [3.05, 3.63) is 0 Å². The first-order valence-electron chi connectivity index (χ1n) is 5.34. The molecule has 2 aliphatic rings. The van der Waals surface area contributed by atoms with Gasteiger partial charge in [-0.05, 0) is 0 Å². The first-order chi connectivity index (χ1) is 8.42. The molecule has 6 N–H and O–H groups in total. The van der Waals surface area contributed by atoms with Crippen LogP contribution in [0.3, 0.4) is 0 Å². The molecule has 0 aromatic heterocycles. The molecule has 9 nitrogen and oxygen atoms in total. The lowest BCUT2D eigenvalue weighted by Crippen LogP contribution is -2.70. The van der Waals surface area contributed by atoms with Gasteiger partial charge in [-0.1, -0.05) is 0 Å². The zero-order valence-corrected chi connectivity index (χ0v) is 9.24. The highest BCUT2D eigenvalue weighted by Gasteiger charge is 2.62. The maximum Gasteiger partial charge on any atom is 0.276 e. The van der Waals surface area contributed by atoms with Gasteiger partial charge in [-0.15, -0.1) is 0 Å². The van der Waals surface area contributed by atoms with Crippen LogP contribution in [0.1, 0.15) is 0 Å². The quantitative estimate of drug-likeness (QED) is 0.293. The molecule has 2 saturated heterocycles. The van der Waals surface area contributed by atoms with Crippen molar-refractivity contribution in [1.29, 1.82) is 0 Å². The minimum Gasteiger partial charge on any atom is -0.394 e. The number of carbonyl (C=O) groups excluding carboxylic acids is 2. The third-order valence-corrected chi connectivity index (χ3v) is 3.04. The maximum atomic E-state index is 11.7. The number of aliphatic hydroxyl groups excluding tert-OH is 4. The number of piperazine rings is 1. The Morgan fingerprint density at radius 1 is 1.44 bits per heavy atom. The van der Waals surface area contributed by atoms with Crippen molar-refractivity contribution in [2.45, 2.75) is 30.1 Å². The van der Waals surface area contributed by atoms with Crippen LogP contribution in [0.25, 0.3) is 0 Å². The summed E-state index contributed by atoms with van der Waals surface area (Å²) < 4.78 is 5.10. The smallest absolute Gasteiger partial charge is 0.276 e. The van der Waals surface area contributed by atoms with E-state index >= 15 is 0 Å². The number of hydrogen-bond acceptors (Lipinski definition) is 7. The Labute approximate surface area is 101 Å². The molecule has 5 atom stereocenters. The summed E-state index contributed by atoms with van der Waals surface area (Å²) in [4.78, 5) is 23.0. The third-order valence-electron chi connectivity index (χ3n) is 3.04. The molecular weight excluding hydrogens is 248 g/mol. The largest absolute Gasteiger partial charge is 0.394 e. The summed E-state index contributed by atoms with van der Waals surface area (Å²) >= 11 is 0. The van der Waals surface area contributed by atoms with Gasteiger partial charge in [0.25, 0.3) is 11.6 Å². The summed E-state index contributed by atoms with van der Waals surface area (Å²) in [5, 5.41) is 42.1. The van der Waals surface area contributed by atoms with Gasteiger partial charge >= 0.3 is 0 Å². The predicted molar refractivity (Wildman–Crippen MR) is 53.9 cm³/mol. The molecule has 2 amide bonds. The number of aliphatic hydroxyl groups is 4. The molecule has 102 valence electrons. The molecule has 0 bridgehead atoms. The first-order valence-corrected chi connectivity index (χ1v) is 5.34. The lowest BCUT2D eigenvalue weighted by Gasteiger charge is -2.34. The van der Waals surface area contributed by atoms with Gasteiger partial charge in [0, 0.05) is 0 Å². The number of ether oxygens (including phenoxy) is 1. The van der Waals surface area contributed by atoms with Crippen molar-refractivity contribution < 1.29 is 34.8 Å². The Bertz CT molecular complexity index is 376. The van der Waals surface area contributed by atoms with E-state index in [2.05, 4.69) is 10.6 Å². The lowest BCUT2D eigenvalue weighted by molar-refractivity contribution is -0.177. The van der Waals surface area contributed by atoms with Gasteiger partial charge in [-0.3, -0.25) is 9.59 Å². The third kappa shape index (κ3) is 1.76. The fraction of sp³-hybridized carbons (Fsp3) is 0.778. The topological polar surface area (TPSA) is 148 Å². The monoisotopic (exact) mass is 262 g/mol. The van der Waals surface area contributed by atoms with Gasteiger partial charge in [0.05, 0.1) is 13.2 Å². The maximum absolute atomic E-state index is 11.7. The predicted octanol–water partition coefficient (Wildman–Crippen LogP) is -4.60. The average molecular weight is 262 g/mol. The van der Waals surface area contributed by atoms with Gasteiger partial charge in [-0.2, -0.15) is 0 Å². The number of nitrogens with one attached hydrogen (secondary N) is 2. The molecule has 0 radical (unpaired) electrons. The summed E-state index contributed by atoms with van der Waals surface area (Å²) in [7, 11) is 0. The molecule has 9 heteroatoms. The van der Waals surface area contributed by atoms with Crippen LogP contribution in [0.2, 0.25) is 0 Å². The molecule has 0 aromatic carbocycles. The van der Waals surface area contributed by atoms with Gasteiger partial charge in [-0.25, -0.2) is 0 Å². The van der Waals surface area contributed by atoms with Crippen molar-refractivity contribution in [3.63, 3.8) is 0 Å². The highest BCUT2D eigenvalue weighted by atomic mass is 16.6. The van der Waals surface area contributed by atoms with Crippen molar-refractivity contribution in [3.8, 4) is 0 Å². The zero-order chi connectivity index (χ0) is 13.5. The van der Waals surface area contributed by atoms with Gasteiger partial charge in [0.15, 0.2) is 0 Å². The van der Waals surface area contributed by atoms with Crippen LogP contribution in [0.15, 0.2) is 0 Å². The Morgan fingerprint density at radius 2 is 2.11 bits per heavy atom. The van der Waals surface area contributed by atoms with Crippen molar-refractivity contribution in [2.75, 3.05) is 13.2 Å². The van der Waals surface area contributed by atoms with Crippen LogP contribution in [0, 0.1) is 0 Å². The highest BCUT2D eigenvalue weighted by molar-refractivity contribution is 5.97. The molecule has 2 rings (SSSR count). The average Bonchev–Trinajstić information content (AvgIpc) is 2.60. The molecule has 0 unspecified atom stereocenters. The van der Waals surface area contributed by atoms with Crippen LogP contribution < -0.4 is 10.6 Å². The minimum absolute atomic E-state index is 0.264. The Morgan fingerprint density at radius 3 is 2.72 bits per heavy atom. The van der Waals surface area contributed by atoms with E-state index in [1.165, 1.54) is 0 Å². The molecule has 18 heavy (non-hydrogen) atoms. The summed E-state index contributed by atoms with van der Waals surface area (Å²) in [5.41, 5.74) is -2.13. The highest BCUT2D eigenvalue weighted by Crippen LogP contribution is 2.32. The van der Waals surface area contributed by atoms with Crippen molar-refractivity contribution >= 4 is 11.8 Å². The number of amides is 2. The Balaban J connectivity index is 2.28. The normalized spacial score (nSPS) is 41.7. The van der Waals surface area contributed by atoms with E-state index in [4.69, 9.17) is 9.84 Å². The summed E-state index contributed by atoms with van der Waals surface area (Å²) in [6.45, 7) is -0.986. The number of rotatable bonds is 2. The first kappa shape index (κ1) is 13.2. The molecule has 0 aliphatic carbocycles. The number of hydrogen-bond donors (Lipinski definition) is 6. The van der Waals surface area contributed by atoms with Crippen LogP contribution in [-0.4, -0.2) is 75.5 Å². The van der Waals surface area contributed by atoms with Crippen LogP contribution >= 0.6 is 0 Å². The molecular formula is C9H14N2O7. The molecule has 2 heterocycles. The Hall–Kier alpha value is -1.26. The minimum atomic E-state index is -2.13. The van der Waals surface area contributed by atoms with Gasteiger partial charge < -0.3 is 35.8 Å². The second-order valence-corrected chi connectivity index (χ2v) is 4.23. The summed E-state index contributed by atoms with van der Waals surface area (Å²) in [5.74, 6) is -1.42. The van der Waals surface area contributed by atoms with Crippen LogP contribution in [0.5, 0.6) is 0 Å². The fourth-order valence-corrected chi connectivity index (χ4v) is 2.08. The SMILES string of the molecule is O=C1CNC(=O)[C@@]2(N1)O[C@@H]([C@H](O)CO)[C@H](O)[C@@H]2O.